The van der Waals surface area contributed by atoms with E-state index >= 15 is 0 Å². The van der Waals surface area contributed by atoms with Gasteiger partial charge in [-0.3, -0.25) is 4.98 Å². The fraction of sp³-hybridized carbons (Fsp3) is 0.0769. The fourth-order valence-electron chi connectivity index (χ4n) is 1.88. The minimum absolute atomic E-state index is 0.514. The lowest BCUT2D eigenvalue weighted by Gasteiger charge is -1.97. The predicted octanol–water partition coefficient (Wildman–Crippen LogP) is 2.74. The molecular weight excluding hydrogens is 248 g/mol. The molecule has 18 heavy (non-hydrogen) atoms. The summed E-state index contributed by atoms with van der Waals surface area (Å²) in [5, 5.41) is 0.579. The molecule has 1 aromatic carbocycles. The van der Waals surface area contributed by atoms with Gasteiger partial charge in [0, 0.05) is 24.5 Å². The number of imidazole rings is 1. The molecule has 0 bridgehead atoms. The van der Waals surface area contributed by atoms with Gasteiger partial charge in [-0.05, 0) is 23.8 Å². The zero-order valence-electron chi connectivity index (χ0n) is 9.52. The van der Waals surface area contributed by atoms with Crippen molar-refractivity contribution in [2.45, 2.75) is 6.54 Å². The largest absolute Gasteiger partial charge is 0.338 e. The highest BCUT2D eigenvalue weighted by Crippen LogP contribution is 2.26. The van der Waals surface area contributed by atoms with Crippen LogP contribution in [0.2, 0.25) is 5.02 Å². The second kappa shape index (κ2) is 4.40. The normalized spacial score (nSPS) is 11.0. The Morgan fingerprint density at radius 1 is 1.28 bits per heavy atom. The van der Waals surface area contributed by atoms with Gasteiger partial charge >= 0.3 is 0 Å². The molecule has 5 heteroatoms. The molecule has 0 fully saturated rings. The van der Waals surface area contributed by atoms with Crippen molar-refractivity contribution in [3.63, 3.8) is 0 Å². The van der Waals surface area contributed by atoms with Crippen molar-refractivity contribution in [2.75, 3.05) is 0 Å². The molecule has 0 saturated heterocycles. The molecule has 0 aliphatic heterocycles. The lowest BCUT2D eigenvalue weighted by Crippen LogP contribution is -1.95. The SMILES string of the molecule is NCc1ccc2nc(-c3ccncc3Cl)[nH]c2c1. The van der Waals surface area contributed by atoms with Crippen LogP contribution in [0.4, 0.5) is 0 Å². The van der Waals surface area contributed by atoms with Gasteiger partial charge in [-0.15, -0.1) is 0 Å². The first-order chi connectivity index (χ1) is 8.78. The molecule has 3 rings (SSSR count). The minimum atomic E-state index is 0.514. The first-order valence-electron chi connectivity index (χ1n) is 5.56. The molecule has 0 saturated carbocycles. The Balaban J connectivity index is 2.17. The third-order valence-corrected chi connectivity index (χ3v) is 3.11. The van der Waals surface area contributed by atoms with E-state index in [-0.39, 0.29) is 0 Å². The van der Waals surface area contributed by atoms with E-state index in [0.29, 0.717) is 11.6 Å². The zero-order valence-corrected chi connectivity index (χ0v) is 10.3. The average Bonchev–Trinajstić information content (AvgIpc) is 2.81. The number of nitrogens with zero attached hydrogens (tertiary/aromatic N) is 2. The molecule has 0 atom stereocenters. The number of H-pyrrole nitrogens is 1. The Morgan fingerprint density at radius 3 is 2.94 bits per heavy atom. The Hall–Kier alpha value is -1.91. The number of rotatable bonds is 2. The number of benzene rings is 1. The maximum absolute atomic E-state index is 6.10. The average molecular weight is 259 g/mol. The second-order valence-corrected chi connectivity index (χ2v) is 4.40. The third kappa shape index (κ3) is 1.85. The number of aromatic amines is 1. The molecule has 0 spiro atoms. The lowest BCUT2D eigenvalue weighted by molar-refractivity contribution is 1.07. The molecule has 0 radical (unpaired) electrons. The van der Waals surface area contributed by atoms with E-state index in [1.165, 1.54) is 0 Å². The number of pyridine rings is 1. The van der Waals surface area contributed by atoms with Crippen LogP contribution in [0.1, 0.15) is 5.56 Å². The summed E-state index contributed by atoms with van der Waals surface area (Å²) < 4.78 is 0. The molecular formula is C13H11ClN4. The standard InChI is InChI=1S/C13H11ClN4/c14-10-7-16-4-3-9(10)13-17-11-2-1-8(6-15)5-12(11)18-13/h1-5,7H,6,15H2,(H,17,18). The molecule has 0 aliphatic rings. The van der Waals surface area contributed by atoms with Crippen molar-refractivity contribution < 1.29 is 0 Å². The molecule has 3 aromatic rings. The van der Waals surface area contributed by atoms with Crippen LogP contribution in [0.5, 0.6) is 0 Å². The maximum Gasteiger partial charge on any atom is 0.140 e. The number of aromatic nitrogens is 3. The predicted molar refractivity (Wildman–Crippen MR) is 72.2 cm³/mol. The van der Waals surface area contributed by atoms with Crippen LogP contribution in [-0.4, -0.2) is 15.0 Å². The smallest absolute Gasteiger partial charge is 0.140 e. The van der Waals surface area contributed by atoms with Crippen LogP contribution in [0.25, 0.3) is 22.4 Å². The fourth-order valence-corrected chi connectivity index (χ4v) is 2.09. The van der Waals surface area contributed by atoms with Gasteiger partial charge in [-0.2, -0.15) is 0 Å². The minimum Gasteiger partial charge on any atom is -0.338 e. The summed E-state index contributed by atoms with van der Waals surface area (Å²) in [6, 6.07) is 7.76. The van der Waals surface area contributed by atoms with Crippen LogP contribution in [0.3, 0.4) is 0 Å². The van der Waals surface area contributed by atoms with E-state index in [1.807, 2.05) is 24.3 Å². The summed E-state index contributed by atoms with van der Waals surface area (Å²) in [6.07, 6.45) is 3.30. The number of hydrogen-bond acceptors (Lipinski definition) is 3. The van der Waals surface area contributed by atoms with Gasteiger partial charge in [0.05, 0.1) is 16.1 Å². The van der Waals surface area contributed by atoms with Gasteiger partial charge in [0.2, 0.25) is 0 Å². The van der Waals surface area contributed by atoms with E-state index in [0.717, 1.165) is 28.0 Å². The van der Waals surface area contributed by atoms with Crippen molar-refractivity contribution in [1.82, 2.24) is 15.0 Å². The molecule has 0 aliphatic carbocycles. The van der Waals surface area contributed by atoms with E-state index in [1.54, 1.807) is 12.4 Å². The van der Waals surface area contributed by atoms with Gasteiger partial charge < -0.3 is 10.7 Å². The Labute approximate surface area is 109 Å². The van der Waals surface area contributed by atoms with E-state index < -0.39 is 0 Å². The monoisotopic (exact) mass is 258 g/mol. The molecule has 3 N–H and O–H groups in total. The molecule has 4 nitrogen and oxygen atoms in total. The van der Waals surface area contributed by atoms with Gasteiger partial charge in [0.25, 0.3) is 0 Å². The van der Waals surface area contributed by atoms with Crippen LogP contribution in [0, 0.1) is 0 Å². The van der Waals surface area contributed by atoms with E-state index in [2.05, 4.69) is 15.0 Å². The van der Waals surface area contributed by atoms with Gasteiger partial charge in [0.15, 0.2) is 0 Å². The number of nitrogens with one attached hydrogen (secondary N) is 1. The summed E-state index contributed by atoms with van der Waals surface area (Å²) in [5.74, 6) is 0.742. The quantitative estimate of drug-likeness (QED) is 0.743. The first-order valence-corrected chi connectivity index (χ1v) is 5.94. The number of hydrogen-bond donors (Lipinski definition) is 2. The van der Waals surface area contributed by atoms with E-state index in [4.69, 9.17) is 17.3 Å². The highest BCUT2D eigenvalue weighted by molar-refractivity contribution is 6.33. The molecule has 0 unspecified atom stereocenters. The third-order valence-electron chi connectivity index (χ3n) is 2.81. The van der Waals surface area contributed by atoms with Crippen molar-refractivity contribution in [2.24, 2.45) is 5.73 Å². The van der Waals surface area contributed by atoms with Gasteiger partial charge in [-0.25, -0.2) is 4.98 Å². The highest BCUT2D eigenvalue weighted by atomic mass is 35.5. The Kier molecular flexibility index (Phi) is 2.74. The number of fused-ring (bicyclic) bond motifs is 1. The second-order valence-electron chi connectivity index (χ2n) is 4.00. The summed E-state index contributed by atoms with van der Waals surface area (Å²) in [6.45, 7) is 0.514. The number of nitrogens with two attached hydrogens (primary N) is 1. The van der Waals surface area contributed by atoms with Gasteiger partial charge in [0.1, 0.15) is 5.82 Å². The van der Waals surface area contributed by atoms with E-state index in [9.17, 15) is 0 Å². The van der Waals surface area contributed by atoms with Crippen molar-refractivity contribution in [3.05, 3.63) is 47.2 Å². The van der Waals surface area contributed by atoms with Crippen LogP contribution in [-0.2, 0) is 6.54 Å². The highest BCUT2D eigenvalue weighted by Gasteiger charge is 2.08. The van der Waals surface area contributed by atoms with Crippen LogP contribution < -0.4 is 5.73 Å². The first kappa shape index (κ1) is 11.2. The Morgan fingerprint density at radius 2 is 2.17 bits per heavy atom. The summed E-state index contributed by atoms with van der Waals surface area (Å²) >= 11 is 6.10. The number of halogens is 1. The molecule has 2 heterocycles. The van der Waals surface area contributed by atoms with Crippen molar-refractivity contribution >= 4 is 22.6 Å². The lowest BCUT2D eigenvalue weighted by atomic mass is 10.2. The van der Waals surface area contributed by atoms with Gasteiger partial charge in [-0.1, -0.05) is 17.7 Å². The molecule has 0 amide bonds. The van der Waals surface area contributed by atoms with Crippen molar-refractivity contribution in [3.8, 4) is 11.4 Å². The van der Waals surface area contributed by atoms with Crippen LogP contribution >= 0.6 is 11.6 Å². The van der Waals surface area contributed by atoms with Crippen molar-refractivity contribution in [1.29, 1.82) is 0 Å². The van der Waals surface area contributed by atoms with Crippen LogP contribution in [0.15, 0.2) is 36.7 Å². The summed E-state index contributed by atoms with van der Waals surface area (Å²) in [7, 11) is 0. The summed E-state index contributed by atoms with van der Waals surface area (Å²) in [4.78, 5) is 11.7. The molecule has 90 valence electrons. The topological polar surface area (TPSA) is 67.6 Å². The maximum atomic E-state index is 6.10. The summed E-state index contributed by atoms with van der Waals surface area (Å²) in [5.41, 5.74) is 9.39. The zero-order chi connectivity index (χ0) is 12.5. The Bertz CT molecular complexity index is 705. The molecule has 2 aromatic heterocycles.